The lowest BCUT2D eigenvalue weighted by molar-refractivity contribution is -0.120. The second-order valence-corrected chi connectivity index (χ2v) is 4.13. The van der Waals surface area contributed by atoms with E-state index in [1.807, 2.05) is 29.9 Å². The normalized spacial score (nSPS) is 10.8. The number of aryl methyl sites for hydroxylation is 1. The number of nitrogens with one attached hydrogen (secondary N) is 1. The van der Waals surface area contributed by atoms with Crippen molar-refractivity contribution in [2.45, 2.75) is 6.42 Å². The minimum Gasteiger partial charge on any atom is -0.354 e. The van der Waals surface area contributed by atoms with Crippen LogP contribution in [0.25, 0.3) is 0 Å². The zero-order valence-electron chi connectivity index (χ0n) is 10.5. The molecule has 5 heteroatoms. The van der Waals surface area contributed by atoms with Crippen molar-refractivity contribution in [2.24, 2.45) is 12.1 Å². The Labute approximate surface area is 110 Å². The number of nitrogens with zero attached hydrogens (tertiary/aromatic N) is 2. The lowest BCUT2D eigenvalue weighted by Gasteiger charge is -2.01. The average molecular weight is 259 g/mol. The Hall–Kier alpha value is -2.43. The summed E-state index contributed by atoms with van der Waals surface area (Å²) in [7, 11) is 1.88. The Morgan fingerprint density at radius 1 is 1.37 bits per heavy atom. The highest BCUT2D eigenvalue weighted by Gasteiger charge is 2.04. The maximum absolute atomic E-state index is 12.7. The number of halogens is 1. The highest BCUT2D eigenvalue weighted by molar-refractivity contribution is 5.83. The molecule has 0 atom stereocenters. The minimum atomic E-state index is -0.301. The highest BCUT2D eigenvalue weighted by atomic mass is 19.1. The first-order valence-corrected chi connectivity index (χ1v) is 5.83. The van der Waals surface area contributed by atoms with Gasteiger partial charge in [-0.3, -0.25) is 4.79 Å². The van der Waals surface area contributed by atoms with E-state index in [9.17, 15) is 9.18 Å². The topological polar surface area (TPSA) is 46.4 Å². The molecule has 2 rings (SSSR count). The van der Waals surface area contributed by atoms with Crippen LogP contribution >= 0.6 is 0 Å². The van der Waals surface area contributed by atoms with Gasteiger partial charge in [0.25, 0.3) is 0 Å². The van der Waals surface area contributed by atoms with Gasteiger partial charge in [-0.25, -0.2) is 9.82 Å². The fourth-order valence-electron chi connectivity index (χ4n) is 1.61. The van der Waals surface area contributed by atoms with Crippen molar-refractivity contribution in [2.75, 3.05) is 0 Å². The van der Waals surface area contributed by atoms with E-state index in [-0.39, 0.29) is 18.1 Å². The third kappa shape index (κ3) is 3.77. The van der Waals surface area contributed by atoms with Crippen LogP contribution in [0.2, 0.25) is 0 Å². The van der Waals surface area contributed by atoms with E-state index in [0.29, 0.717) is 0 Å². The number of carbonyl (C=O) groups excluding carboxylic acids is 1. The number of rotatable bonds is 4. The molecule has 0 fully saturated rings. The molecule has 0 saturated heterocycles. The molecular weight excluding hydrogens is 245 g/mol. The Morgan fingerprint density at radius 2 is 2.11 bits per heavy atom. The Morgan fingerprint density at radius 3 is 2.74 bits per heavy atom. The van der Waals surface area contributed by atoms with Crippen LogP contribution in [-0.2, 0) is 18.3 Å². The number of aromatic nitrogens is 1. The van der Waals surface area contributed by atoms with Gasteiger partial charge in [-0.05, 0) is 29.8 Å². The third-order valence-electron chi connectivity index (χ3n) is 2.67. The number of hydrogen-bond acceptors (Lipinski definition) is 2. The van der Waals surface area contributed by atoms with Crippen LogP contribution in [0.15, 0.2) is 47.7 Å². The lowest BCUT2D eigenvalue weighted by atomic mass is 10.2. The summed E-state index contributed by atoms with van der Waals surface area (Å²) in [6, 6.07) is 9.61. The minimum absolute atomic E-state index is 0.194. The van der Waals surface area contributed by atoms with Crippen molar-refractivity contribution in [3.8, 4) is 0 Å². The molecule has 1 N–H and O–H groups in total. The zero-order valence-corrected chi connectivity index (χ0v) is 10.5. The molecular formula is C14H14FN3O. The summed E-state index contributed by atoms with van der Waals surface area (Å²) in [4.78, 5) is 11.6. The van der Waals surface area contributed by atoms with Gasteiger partial charge >= 0.3 is 0 Å². The van der Waals surface area contributed by atoms with Crippen molar-refractivity contribution in [3.63, 3.8) is 0 Å². The van der Waals surface area contributed by atoms with Gasteiger partial charge in [0.2, 0.25) is 5.91 Å². The number of hydrogen-bond donors (Lipinski definition) is 1. The van der Waals surface area contributed by atoms with Crippen molar-refractivity contribution in [3.05, 3.63) is 59.7 Å². The second-order valence-electron chi connectivity index (χ2n) is 4.13. The molecule has 0 unspecified atom stereocenters. The van der Waals surface area contributed by atoms with E-state index < -0.39 is 0 Å². The second kappa shape index (κ2) is 5.95. The zero-order chi connectivity index (χ0) is 13.7. The van der Waals surface area contributed by atoms with E-state index in [1.165, 1.54) is 18.3 Å². The van der Waals surface area contributed by atoms with Gasteiger partial charge in [0, 0.05) is 18.9 Å². The molecule has 0 spiro atoms. The van der Waals surface area contributed by atoms with Crippen LogP contribution in [0.5, 0.6) is 0 Å². The summed E-state index contributed by atoms with van der Waals surface area (Å²) >= 11 is 0. The molecule has 0 aliphatic carbocycles. The average Bonchev–Trinajstić information content (AvgIpc) is 2.78. The summed E-state index contributed by atoms with van der Waals surface area (Å²) < 4.78 is 14.5. The summed E-state index contributed by atoms with van der Waals surface area (Å²) in [6.45, 7) is 0. The SMILES string of the molecule is Cn1cccc1CC(=O)NN=Cc1ccc(F)cc1. The molecule has 1 aromatic carbocycles. The van der Waals surface area contributed by atoms with E-state index in [2.05, 4.69) is 10.5 Å². The van der Waals surface area contributed by atoms with Crippen LogP contribution in [0.1, 0.15) is 11.3 Å². The molecule has 1 amide bonds. The fourth-order valence-corrected chi connectivity index (χ4v) is 1.61. The van der Waals surface area contributed by atoms with Gasteiger partial charge in [-0.2, -0.15) is 5.10 Å². The number of amides is 1. The molecule has 1 heterocycles. The molecule has 0 radical (unpaired) electrons. The predicted molar refractivity (Wildman–Crippen MR) is 71.3 cm³/mol. The molecule has 0 bridgehead atoms. The highest BCUT2D eigenvalue weighted by Crippen LogP contribution is 2.01. The molecule has 0 aliphatic rings. The summed E-state index contributed by atoms with van der Waals surface area (Å²) in [5.74, 6) is -0.495. The van der Waals surface area contributed by atoms with Crippen molar-refractivity contribution >= 4 is 12.1 Å². The van der Waals surface area contributed by atoms with Crippen LogP contribution in [-0.4, -0.2) is 16.7 Å². The number of carbonyl (C=O) groups is 1. The monoisotopic (exact) mass is 259 g/mol. The maximum atomic E-state index is 12.7. The first-order chi connectivity index (χ1) is 9.15. The van der Waals surface area contributed by atoms with Crippen molar-refractivity contribution in [1.29, 1.82) is 0 Å². The quantitative estimate of drug-likeness (QED) is 0.661. The van der Waals surface area contributed by atoms with Gasteiger partial charge in [-0.15, -0.1) is 0 Å². The van der Waals surface area contributed by atoms with Gasteiger partial charge in [0.15, 0.2) is 0 Å². The van der Waals surface area contributed by atoms with Crippen LogP contribution < -0.4 is 5.43 Å². The van der Waals surface area contributed by atoms with E-state index in [4.69, 9.17) is 0 Å². The van der Waals surface area contributed by atoms with Crippen molar-refractivity contribution < 1.29 is 9.18 Å². The Bertz CT molecular complexity index is 587. The van der Waals surface area contributed by atoms with E-state index >= 15 is 0 Å². The fraction of sp³-hybridized carbons (Fsp3) is 0.143. The number of hydrazone groups is 1. The van der Waals surface area contributed by atoms with Gasteiger partial charge in [-0.1, -0.05) is 12.1 Å². The lowest BCUT2D eigenvalue weighted by Crippen LogP contribution is -2.20. The molecule has 1 aromatic heterocycles. The van der Waals surface area contributed by atoms with Gasteiger partial charge in [0.1, 0.15) is 5.82 Å². The van der Waals surface area contributed by atoms with Crippen LogP contribution in [0.3, 0.4) is 0 Å². The van der Waals surface area contributed by atoms with Crippen LogP contribution in [0.4, 0.5) is 4.39 Å². The Kier molecular flexibility index (Phi) is 4.07. The summed E-state index contributed by atoms with van der Waals surface area (Å²) in [5, 5.41) is 3.83. The van der Waals surface area contributed by atoms with Crippen molar-refractivity contribution in [1.82, 2.24) is 9.99 Å². The first kappa shape index (κ1) is 13.0. The number of benzene rings is 1. The predicted octanol–water partition coefficient (Wildman–Crippen LogP) is 1.86. The Balaban J connectivity index is 1.86. The standard InChI is InChI=1S/C14H14FN3O/c1-18-8-2-3-13(18)9-14(19)17-16-10-11-4-6-12(15)7-5-11/h2-8,10H,9H2,1H3,(H,17,19). The molecule has 4 nitrogen and oxygen atoms in total. The largest absolute Gasteiger partial charge is 0.354 e. The molecule has 0 saturated carbocycles. The van der Waals surface area contributed by atoms with Gasteiger partial charge in [0.05, 0.1) is 12.6 Å². The third-order valence-corrected chi connectivity index (χ3v) is 2.67. The first-order valence-electron chi connectivity index (χ1n) is 5.83. The van der Waals surface area contributed by atoms with E-state index in [1.54, 1.807) is 12.1 Å². The molecule has 98 valence electrons. The maximum Gasteiger partial charge on any atom is 0.245 e. The van der Waals surface area contributed by atoms with E-state index in [0.717, 1.165) is 11.3 Å². The molecule has 0 aliphatic heterocycles. The molecule has 2 aromatic rings. The van der Waals surface area contributed by atoms with Crippen LogP contribution in [0, 0.1) is 5.82 Å². The molecule has 19 heavy (non-hydrogen) atoms. The summed E-state index contributed by atoms with van der Waals surface area (Å²) in [6.07, 6.45) is 3.62. The van der Waals surface area contributed by atoms with Gasteiger partial charge < -0.3 is 4.57 Å². The summed E-state index contributed by atoms with van der Waals surface area (Å²) in [5.41, 5.74) is 4.07. The smallest absolute Gasteiger partial charge is 0.245 e.